The summed E-state index contributed by atoms with van der Waals surface area (Å²) in [6.07, 6.45) is 24.4. The molecular formula is C36H50O2S. The number of thiocarbonyl (C=S) groups is 1. The first-order valence-electron chi connectivity index (χ1n) is 15.4. The Balaban J connectivity index is 1.79. The number of unbranched alkanes of at least 4 members (excludes halogenated alkanes) is 14. The molecule has 212 valence electrons. The number of carbonyl (C=O) groups excluding carboxylic acids is 2. The molecule has 0 radical (unpaired) electrons. The summed E-state index contributed by atoms with van der Waals surface area (Å²) in [6.45, 7) is 5.46. The van der Waals surface area contributed by atoms with Gasteiger partial charge in [-0.25, -0.2) is 0 Å². The zero-order chi connectivity index (χ0) is 28.3. The molecule has 0 saturated carbocycles. The van der Waals surface area contributed by atoms with Crippen LogP contribution < -0.4 is 0 Å². The molecule has 2 aromatic carbocycles. The van der Waals surface area contributed by atoms with Gasteiger partial charge in [0.25, 0.3) is 0 Å². The largest absolute Gasteiger partial charge is 0.295 e. The second-order valence-electron chi connectivity index (χ2n) is 11.0. The first-order valence-corrected chi connectivity index (χ1v) is 15.8. The van der Waals surface area contributed by atoms with Crippen LogP contribution in [0.2, 0.25) is 0 Å². The normalized spacial score (nSPS) is 11.3. The standard InChI is InChI=1S/C36H50O2S/c1-4-5-6-7-8-9-10-11-12-13-14-15-16-17-21-24-33-34(29(2)37)27-31(28-35(33)30(3)38)25-26-36(39)32-22-19-18-20-23-32/h18-20,22-23,25-28H,4-17,21,24H2,1-3H3. The lowest BCUT2D eigenvalue weighted by atomic mass is 9.89. The van der Waals surface area contributed by atoms with Gasteiger partial charge < -0.3 is 0 Å². The van der Waals surface area contributed by atoms with Gasteiger partial charge in [-0.2, -0.15) is 0 Å². The van der Waals surface area contributed by atoms with Crippen molar-refractivity contribution >= 4 is 34.7 Å². The number of rotatable bonds is 21. The number of hydrogen-bond donors (Lipinski definition) is 0. The van der Waals surface area contributed by atoms with E-state index >= 15 is 0 Å². The van der Waals surface area contributed by atoms with Crippen molar-refractivity contribution in [3.05, 3.63) is 76.4 Å². The average Bonchev–Trinajstić information content (AvgIpc) is 2.94. The predicted molar refractivity (Wildman–Crippen MR) is 172 cm³/mol. The third-order valence-electron chi connectivity index (χ3n) is 7.55. The number of ketones is 2. The molecule has 2 rings (SSSR count). The van der Waals surface area contributed by atoms with Crippen LogP contribution in [-0.2, 0) is 6.42 Å². The lowest BCUT2D eigenvalue weighted by Crippen LogP contribution is -2.08. The third-order valence-corrected chi connectivity index (χ3v) is 7.92. The monoisotopic (exact) mass is 546 g/mol. The fourth-order valence-electron chi connectivity index (χ4n) is 5.23. The average molecular weight is 547 g/mol. The summed E-state index contributed by atoms with van der Waals surface area (Å²) in [5.74, 6) is 0.0173. The molecule has 0 N–H and O–H groups in total. The maximum atomic E-state index is 12.6. The van der Waals surface area contributed by atoms with E-state index in [4.69, 9.17) is 12.2 Å². The molecule has 0 aromatic heterocycles. The highest BCUT2D eigenvalue weighted by atomic mass is 32.1. The molecule has 0 amide bonds. The Bertz CT molecular complexity index is 1020. The minimum Gasteiger partial charge on any atom is -0.295 e. The maximum absolute atomic E-state index is 12.6. The Hall–Kier alpha value is -2.39. The van der Waals surface area contributed by atoms with E-state index < -0.39 is 0 Å². The van der Waals surface area contributed by atoms with E-state index in [0.717, 1.165) is 40.8 Å². The van der Waals surface area contributed by atoms with Crippen LogP contribution in [-0.4, -0.2) is 16.4 Å². The van der Waals surface area contributed by atoms with Gasteiger partial charge in [0, 0.05) is 16.0 Å². The predicted octanol–water partition coefficient (Wildman–Crippen LogP) is 10.9. The number of allylic oxidation sites excluding steroid dienone is 1. The van der Waals surface area contributed by atoms with Crippen LogP contribution in [0.25, 0.3) is 6.08 Å². The molecule has 0 atom stereocenters. The zero-order valence-electron chi connectivity index (χ0n) is 24.7. The van der Waals surface area contributed by atoms with Crippen LogP contribution in [0.4, 0.5) is 0 Å². The van der Waals surface area contributed by atoms with Crippen LogP contribution in [0.3, 0.4) is 0 Å². The van der Waals surface area contributed by atoms with Crippen molar-refractivity contribution in [1.82, 2.24) is 0 Å². The Morgan fingerprint density at radius 1 is 0.667 bits per heavy atom. The van der Waals surface area contributed by atoms with Crippen LogP contribution in [0.1, 0.15) is 154 Å². The van der Waals surface area contributed by atoms with Gasteiger partial charge in [-0.05, 0) is 61.6 Å². The lowest BCUT2D eigenvalue weighted by molar-refractivity contribution is 0.101. The molecule has 2 nitrogen and oxygen atoms in total. The van der Waals surface area contributed by atoms with E-state index in [2.05, 4.69) is 6.92 Å². The highest BCUT2D eigenvalue weighted by molar-refractivity contribution is 7.81. The molecular weight excluding hydrogens is 496 g/mol. The Labute approximate surface area is 243 Å². The van der Waals surface area contributed by atoms with Gasteiger partial charge >= 0.3 is 0 Å². The van der Waals surface area contributed by atoms with Crippen molar-refractivity contribution in [2.75, 3.05) is 0 Å². The second-order valence-corrected chi connectivity index (χ2v) is 11.4. The van der Waals surface area contributed by atoms with Crippen molar-refractivity contribution in [3.63, 3.8) is 0 Å². The van der Waals surface area contributed by atoms with Crippen molar-refractivity contribution < 1.29 is 9.59 Å². The van der Waals surface area contributed by atoms with Gasteiger partial charge in [-0.3, -0.25) is 9.59 Å². The molecule has 0 unspecified atom stereocenters. The van der Waals surface area contributed by atoms with Gasteiger partial charge in [0.15, 0.2) is 11.6 Å². The molecule has 0 aliphatic heterocycles. The lowest BCUT2D eigenvalue weighted by Gasteiger charge is -2.14. The van der Waals surface area contributed by atoms with Crippen molar-refractivity contribution in [3.8, 4) is 0 Å². The molecule has 2 aromatic rings. The van der Waals surface area contributed by atoms with E-state index in [1.165, 1.54) is 83.5 Å². The van der Waals surface area contributed by atoms with Crippen LogP contribution >= 0.6 is 12.2 Å². The van der Waals surface area contributed by atoms with Crippen molar-refractivity contribution in [2.45, 2.75) is 124 Å². The highest BCUT2D eigenvalue weighted by Crippen LogP contribution is 2.24. The minimum atomic E-state index is 0.00865. The van der Waals surface area contributed by atoms with Gasteiger partial charge in [-0.1, -0.05) is 145 Å². The van der Waals surface area contributed by atoms with Crippen molar-refractivity contribution in [1.29, 1.82) is 0 Å². The molecule has 0 fully saturated rings. The summed E-state index contributed by atoms with van der Waals surface area (Å²) in [4.78, 5) is 25.8. The molecule has 0 spiro atoms. The fraction of sp³-hybridized carbons (Fsp3) is 0.528. The van der Waals surface area contributed by atoms with Crippen LogP contribution in [0, 0.1) is 0 Å². The van der Waals surface area contributed by atoms with Crippen LogP contribution in [0.15, 0.2) is 48.5 Å². The first kappa shape index (κ1) is 32.8. The quantitative estimate of drug-likeness (QED) is 0.0676. The Kier molecular flexibility index (Phi) is 16.5. The highest BCUT2D eigenvalue weighted by Gasteiger charge is 2.16. The molecule has 0 aliphatic carbocycles. The number of benzene rings is 2. The minimum absolute atomic E-state index is 0.00865. The smallest absolute Gasteiger partial charge is 0.160 e. The molecule has 3 heteroatoms. The van der Waals surface area contributed by atoms with E-state index in [9.17, 15) is 9.59 Å². The topological polar surface area (TPSA) is 34.1 Å². The number of Topliss-reactive ketones (excluding diaryl/α,β-unsaturated/α-hetero) is 2. The van der Waals surface area contributed by atoms with Gasteiger partial charge in [-0.15, -0.1) is 0 Å². The Morgan fingerprint density at radius 3 is 1.54 bits per heavy atom. The first-order chi connectivity index (χ1) is 18.9. The van der Waals surface area contributed by atoms with Crippen LogP contribution in [0.5, 0.6) is 0 Å². The van der Waals surface area contributed by atoms with Crippen molar-refractivity contribution in [2.24, 2.45) is 0 Å². The second kappa shape index (κ2) is 19.6. The summed E-state index contributed by atoms with van der Waals surface area (Å²) in [6, 6.07) is 13.7. The summed E-state index contributed by atoms with van der Waals surface area (Å²) >= 11 is 5.54. The maximum Gasteiger partial charge on any atom is 0.160 e. The fourth-order valence-corrected chi connectivity index (χ4v) is 5.44. The molecule has 0 aliphatic rings. The molecule has 39 heavy (non-hydrogen) atoms. The SMILES string of the molecule is CCCCCCCCCCCCCCCCCc1c(C(C)=O)cc(C=CC(=S)c2ccccc2)cc1C(C)=O. The summed E-state index contributed by atoms with van der Waals surface area (Å²) < 4.78 is 0. The van der Waals surface area contributed by atoms with Gasteiger partial charge in [0.1, 0.15) is 0 Å². The van der Waals surface area contributed by atoms with E-state index in [1.807, 2.05) is 54.6 Å². The summed E-state index contributed by atoms with van der Waals surface area (Å²) in [5, 5.41) is 0. The number of hydrogen-bond acceptors (Lipinski definition) is 3. The molecule has 0 saturated heterocycles. The van der Waals surface area contributed by atoms with Gasteiger partial charge in [0.2, 0.25) is 0 Å². The third kappa shape index (κ3) is 13.0. The van der Waals surface area contributed by atoms with E-state index in [1.54, 1.807) is 13.8 Å². The summed E-state index contributed by atoms with van der Waals surface area (Å²) in [7, 11) is 0. The molecule has 0 bridgehead atoms. The Morgan fingerprint density at radius 2 is 1.10 bits per heavy atom. The van der Waals surface area contributed by atoms with E-state index in [0.29, 0.717) is 11.1 Å². The summed E-state index contributed by atoms with van der Waals surface area (Å²) in [5.41, 5.74) is 4.06. The zero-order valence-corrected chi connectivity index (χ0v) is 25.6. The number of carbonyl (C=O) groups is 2. The van der Waals surface area contributed by atoms with Gasteiger partial charge in [0.05, 0.1) is 0 Å². The van der Waals surface area contributed by atoms with E-state index in [-0.39, 0.29) is 11.6 Å². The molecule has 0 heterocycles.